The normalized spacial score (nSPS) is 26.1. The van der Waals surface area contributed by atoms with Gasteiger partial charge < -0.3 is 15.4 Å². The van der Waals surface area contributed by atoms with Crippen LogP contribution in [0.5, 0.6) is 0 Å². The highest BCUT2D eigenvalue weighted by Gasteiger charge is 2.27. The third kappa shape index (κ3) is 1.93. The van der Waals surface area contributed by atoms with Gasteiger partial charge in [-0.3, -0.25) is 0 Å². The zero-order valence-electron chi connectivity index (χ0n) is 8.13. The molecule has 0 unspecified atom stereocenters. The van der Waals surface area contributed by atoms with Gasteiger partial charge in [-0.25, -0.2) is 0 Å². The molecule has 0 aliphatic heterocycles. The van der Waals surface area contributed by atoms with E-state index in [1.54, 1.807) is 6.33 Å². The van der Waals surface area contributed by atoms with Crippen molar-refractivity contribution in [1.29, 1.82) is 0 Å². The summed E-state index contributed by atoms with van der Waals surface area (Å²) in [7, 11) is 0. The van der Waals surface area contributed by atoms with Crippen molar-refractivity contribution in [2.45, 2.75) is 31.8 Å². The maximum Gasteiger partial charge on any atom is 0.133 e. The van der Waals surface area contributed by atoms with Gasteiger partial charge in [-0.05, 0) is 18.8 Å². The van der Waals surface area contributed by atoms with E-state index < -0.39 is 0 Å². The zero-order chi connectivity index (χ0) is 9.97. The van der Waals surface area contributed by atoms with Crippen LogP contribution in [0, 0.1) is 5.92 Å². The van der Waals surface area contributed by atoms with E-state index in [0.717, 1.165) is 25.1 Å². The van der Waals surface area contributed by atoms with E-state index in [-0.39, 0.29) is 6.61 Å². The first-order valence-electron chi connectivity index (χ1n) is 5.02. The van der Waals surface area contributed by atoms with Crippen LogP contribution in [0.4, 0.5) is 0 Å². The van der Waals surface area contributed by atoms with Crippen LogP contribution in [0.15, 0.2) is 6.33 Å². The van der Waals surface area contributed by atoms with Crippen molar-refractivity contribution in [2.75, 3.05) is 6.61 Å². The maximum atomic E-state index is 8.81. The van der Waals surface area contributed by atoms with Crippen LogP contribution in [0.1, 0.15) is 18.7 Å². The van der Waals surface area contributed by atoms with Gasteiger partial charge >= 0.3 is 0 Å². The SMILES string of the molecule is NC1CC(Cc2nncn2CCO)C1. The monoisotopic (exact) mass is 196 g/mol. The van der Waals surface area contributed by atoms with Crippen LogP contribution in [-0.4, -0.2) is 32.5 Å². The molecule has 1 aromatic heterocycles. The van der Waals surface area contributed by atoms with Crippen molar-refractivity contribution in [3.05, 3.63) is 12.2 Å². The number of nitrogens with two attached hydrogens (primary N) is 1. The van der Waals surface area contributed by atoms with Gasteiger partial charge in [-0.2, -0.15) is 0 Å². The molecule has 0 bridgehead atoms. The van der Waals surface area contributed by atoms with Gasteiger partial charge in [-0.1, -0.05) is 0 Å². The predicted octanol–water partition coefficient (Wildman–Crippen LogP) is -0.450. The summed E-state index contributed by atoms with van der Waals surface area (Å²) in [6.45, 7) is 0.719. The lowest BCUT2D eigenvalue weighted by atomic mass is 9.79. The van der Waals surface area contributed by atoms with E-state index in [4.69, 9.17) is 10.8 Å². The van der Waals surface area contributed by atoms with Crippen LogP contribution in [0.3, 0.4) is 0 Å². The molecule has 0 saturated heterocycles. The smallest absolute Gasteiger partial charge is 0.133 e. The average Bonchev–Trinajstić information content (AvgIpc) is 2.51. The summed E-state index contributed by atoms with van der Waals surface area (Å²) in [5.41, 5.74) is 5.71. The van der Waals surface area contributed by atoms with Crippen molar-refractivity contribution in [3.63, 3.8) is 0 Å². The molecule has 0 aromatic carbocycles. The Kier molecular flexibility index (Phi) is 2.79. The molecule has 2 rings (SSSR count). The lowest BCUT2D eigenvalue weighted by Crippen LogP contribution is -2.37. The fourth-order valence-corrected chi connectivity index (χ4v) is 1.94. The molecule has 1 aliphatic rings. The molecule has 1 fully saturated rings. The van der Waals surface area contributed by atoms with Crippen LogP contribution in [-0.2, 0) is 13.0 Å². The Balaban J connectivity index is 1.91. The number of aliphatic hydroxyl groups is 1. The summed E-state index contributed by atoms with van der Waals surface area (Å²) < 4.78 is 1.91. The molecule has 78 valence electrons. The molecule has 0 spiro atoms. The van der Waals surface area contributed by atoms with Crippen LogP contribution in [0.25, 0.3) is 0 Å². The van der Waals surface area contributed by atoms with Crippen LogP contribution in [0.2, 0.25) is 0 Å². The number of rotatable bonds is 4. The van der Waals surface area contributed by atoms with Gasteiger partial charge in [0.1, 0.15) is 12.2 Å². The summed E-state index contributed by atoms with van der Waals surface area (Å²) in [5.74, 6) is 1.63. The topological polar surface area (TPSA) is 77.0 Å². The first-order chi connectivity index (χ1) is 6.79. The van der Waals surface area contributed by atoms with Crippen molar-refractivity contribution in [2.24, 2.45) is 11.7 Å². The fourth-order valence-electron chi connectivity index (χ4n) is 1.94. The van der Waals surface area contributed by atoms with Crippen molar-refractivity contribution >= 4 is 0 Å². The second-order valence-corrected chi connectivity index (χ2v) is 3.97. The summed E-state index contributed by atoms with van der Waals surface area (Å²) in [5, 5.41) is 16.7. The van der Waals surface area contributed by atoms with Gasteiger partial charge in [0.25, 0.3) is 0 Å². The third-order valence-corrected chi connectivity index (χ3v) is 2.78. The van der Waals surface area contributed by atoms with Crippen LogP contribution < -0.4 is 5.73 Å². The Morgan fingerprint density at radius 3 is 3.00 bits per heavy atom. The van der Waals surface area contributed by atoms with E-state index in [0.29, 0.717) is 18.5 Å². The quantitative estimate of drug-likeness (QED) is 0.684. The predicted molar refractivity (Wildman–Crippen MR) is 51.5 cm³/mol. The van der Waals surface area contributed by atoms with E-state index in [2.05, 4.69) is 10.2 Å². The molecule has 1 heterocycles. The summed E-state index contributed by atoms with van der Waals surface area (Å²) in [6, 6.07) is 0.384. The van der Waals surface area contributed by atoms with Crippen molar-refractivity contribution in [1.82, 2.24) is 14.8 Å². The minimum Gasteiger partial charge on any atom is -0.395 e. The zero-order valence-corrected chi connectivity index (χ0v) is 8.13. The Hall–Kier alpha value is -0.940. The molecule has 5 nitrogen and oxygen atoms in total. The molecule has 5 heteroatoms. The average molecular weight is 196 g/mol. The first kappa shape index (κ1) is 9.61. The second-order valence-electron chi connectivity index (χ2n) is 3.97. The third-order valence-electron chi connectivity index (χ3n) is 2.78. The Morgan fingerprint density at radius 1 is 1.57 bits per heavy atom. The number of hydrogen-bond donors (Lipinski definition) is 2. The van der Waals surface area contributed by atoms with Crippen molar-refractivity contribution in [3.8, 4) is 0 Å². The van der Waals surface area contributed by atoms with E-state index >= 15 is 0 Å². The lowest BCUT2D eigenvalue weighted by molar-refractivity contribution is 0.249. The molecular formula is C9H16N4O. The van der Waals surface area contributed by atoms with Crippen LogP contribution >= 0.6 is 0 Å². The van der Waals surface area contributed by atoms with Gasteiger partial charge in [0.05, 0.1) is 6.61 Å². The number of aliphatic hydroxyl groups excluding tert-OH is 1. The van der Waals surface area contributed by atoms with Gasteiger partial charge in [-0.15, -0.1) is 10.2 Å². The number of aromatic nitrogens is 3. The molecule has 14 heavy (non-hydrogen) atoms. The molecule has 1 aromatic rings. The first-order valence-corrected chi connectivity index (χ1v) is 5.02. The van der Waals surface area contributed by atoms with Gasteiger partial charge in [0.2, 0.25) is 0 Å². The molecule has 0 radical (unpaired) electrons. The van der Waals surface area contributed by atoms with Gasteiger partial charge in [0.15, 0.2) is 0 Å². The minimum atomic E-state index is 0.134. The Morgan fingerprint density at radius 2 is 2.36 bits per heavy atom. The highest BCUT2D eigenvalue weighted by Crippen LogP contribution is 2.28. The Labute approximate surface area is 82.9 Å². The Bertz CT molecular complexity index is 293. The minimum absolute atomic E-state index is 0.134. The summed E-state index contributed by atoms with van der Waals surface area (Å²) >= 11 is 0. The molecule has 0 atom stereocenters. The fraction of sp³-hybridized carbons (Fsp3) is 0.778. The summed E-state index contributed by atoms with van der Waals surface area (Å²) in [4.78, 5) is 0. The molecule has 1 aliphatic carbocycles. The van der Waals surface area contributed by atoms with E-state index in [1.807, 2.05) is 4.57 Å². The number of nitrogens with zero attached hydrogens (tertiary/aromatic N) is 3. The number of hydrogen-bond acceptors (Lipinski definition) is 4. The highest BCUT2D eigenvalue weighted by molar-refractivity contribution is 4.93. The molecule has 1 saturated carbocycles. The standard InChI is InChI=1S/C9H16N4O/c10-8-3-7(4-8)5-9-12-11-6-13(9)1-2-14/h6-8,14H,1-5,10H2. The van der Waals surface area contributed by atoms with Gasteiger partial charge in [0, 0.05) is 19.0 Å². The lowest BCUT2D eigenvalue weighted by Gasteiger charge is -2.31. The molecular weight excluding hydrogens is 180 g/mol. The molecule has 0 amide bonds. The summed E-state index contributed by atoms with van der Waals surface area (Å²) in [6.07, 6.45) is 4.79. The highest BCUT2D eigenvalue weighted by atomic mass is 16.3. The second kappa shape index (κ2) is 4.06. The molecule has 3 N–H and O–H groups in total. The van der Waals surface area contributed by atoms with Crippen molar-refractivity contribution < 1.29 is 5.11 Å². The van der Waals surface area contributed by atoms with E-state index in [9.17, 15) is 0 Å². The maximum absolute atomic E-state index is 8.81. The van der Waals surface area contributed by atoms with E-state index in [1.165, 1.54) is 0 Å². The largest absolute Gasteiger partial charge is 0.395 e.